The van der Waals surface area contributed by atoms with Gasteiger partial charge in [0.2, 0.25) is 0 Å². The zero-order chi connectivity index (χ0) is 16.0. The molecule has 5 nitrogen and oxygen atoms in total. The summed E-state index contributed by atoms with van der Waals surface area (Å²) in [5.41, 5.74) is 2.56. The number of amides is 3. The van der Waals surface area contributed by atoms with Gasteiger partial charge in [-0.3, -0.25) is 9.69 Å². The molecule has 2 aromatic rings. The first-order valence-electron chi connectivity index (χ1n) is 7.56. The van der Waals surface area contributed by atoms with Gasteiger partial charge in [0, 0.05) is 5.56 Å². The van der Waals surface area contributed by atoms with Gasteiger partial charge in [-0.25, -0.2) is 9.69 Å². The molecule has 0 bridgehead atoms. The highest BCUT2D eigenvalue weighted by Crippen LogP contribution is 2.38. The van der Waals surface area contributed by atoms with E-state index in [4.69, 9.17) is 4.74 Å². The normalized spacial score (nSPS) is 23.5. The van der Waals surface area contributed by atoms with E-state index in [1.807, 2.05) is 49.4 Å². The molecule has 5 heteroatoms. The van der Waals surface area contributed by atoms with Crippen LogP contribution in [0.4, 0.5) is 10.5 Å². The maximum absolute atomic E-state index is 12.8. The van der Waals surface area contributed by atoms with Crippen LogP contribution < -0.4 is 4.90 Å². The molecular formula is C18H16N2O3. The molecular weight excluding hydrogens is 292 g/mol. The SMILES string of the molecule is Cc1ccc(N2C(=O)[C@H]3COC(c4ccccc4)N3C2=O)cc1. The smallest absolute Gasteiger partial charge is 0.334 e. The number of urea groups is 1. The number of aryl methyl sites for hydroxylation is 1. The summed E-state index contributed by atoms with van der Waals surface area (Å²) in [4.78, 5) is 28.3. The Morgan fingerprint density at radius 3 is 2.39 bits per heavy atom. The summed E-state index contributed by atoms with van der Waals surface area (Å²) < 4.78 is 5.71. The van der Waals surface area contributed by atoms with Crippen LogP contribution in [-0.2, 0) is 9.53 Å². The van der Waals surface area contributed by atoms with Crippen molar-refractivity contribution in [2.75, 3.05) is 11.5 Å². The molecule has 2 saturated heterocycles. The number of imide groups is 1. The third-order valence-corrected chi connectivity index (χ3v) is 4.29. The van der Waals surface area contributed by atoms with E-state index in [1.165, 1.54) is 9.80 Å². The number of fused-ring (bicyclic) bond motifs is 1. The number of nitrogens with zero attached hydrogens (tertiary/aromatic N) is 2. The number of benzene rings is 2. The topological polar surface area (TPSA) is 49.9 Å². The van der Waals surface area contributed by atoms with Gasteiger partial charge in [-0.2, -0.15) is 0 Å². The van der Waals surface area contributed by atoms with E-state index < -0.39 is 12.3 Å². The van der Waals surface area contributed by atoms with Gasteiger partial charge in [-0.15, -0.1) is 0 Å². The quantitative estimate of drug-likeness (QED) is 0.802. The Hall–Kier alpha value is -2.66. The van der Waals surface area contributed by atoms with Crippen molar-refractivity contribution in [3.63, 3.8) is 0 Å². The second kappa shape index (κ2) is 5.21. The van der Waals surface area contributed by atoms with Crippen LogP contribution in [-0.4, -0.2) is 29.5 Å². The van der Waals surface area contributed by atoms with Gasteiger partial charge in [0.1, 0.15) is 6.04 Å². The molecule has 4 rings (SSSR count). The molecule has 0 aliphatic carbocycles. The van der Waals surface area contributed by atoms with Gasteiger partial charge in [0.15, 0.2) is 6.23 Å². The van der Waals surface area contributed by atoms with Crippen molar-refractivity contribution >= 4 is 17.6 Å². The van der Waals surface area contributed by atoms with Gasteiger partial charge in [-0.1, -0.05) is 48.0 Å². The van der Waals surface area contributed by atoms with Crippen molar-refractivity contribution in [1.29, 1.82) is 0 Å². The first-order chi connectivity index (χ1) is 11.2. The molecule has 1 unspecified atom stereocenters. The fraction of sp³-hybridized carbons (Fsp3) is 0.222. The van der Waals surface area contributed by atoms with Crippen LogP contribution in [0, 0.1) is 6.92 Å². The lowest BCUT2D eigenvalue weighted by Crippen LogP contribution is -2.34. The Kier molecular flexibility index (Phi) is 3.16. The van der Waals surface area contributed by atoms with Crippen molar-refractivity contribution in [3.05, 3.63) is 65.7 Å². The molecule has 2 heterocycles. The second-order valence-corrected chi connectivity index (χ2v) is 5.81. The Morgan fingerprint density at radius 2 is 1.70 bits per heavy atom. The third-order valence-electron chi connectivity index (χ3n) is 4.29. The number of rotatable bonds is 2. The van der Waals surface area contributed by atoms with Crippen LogP contribution in [0.1, 0.15) is 17.4 Å². The molecule has 0 spiro atoms. The lowest BCUT2D eigenvalue weighted by Gasteiger charge is -2.22. The molecule has 2 aromatic carbocycles. The van der Waals surface area contributed by atoms with Crippen LogP contribution in [0.2, 0.25) is 0 Å². The summed E-state index contributed by atoms with van der Waals surface area (Å²) in [5, 5.41) is 0. The maximum Gasteiger partial charge on any atom is 0.334 e. The van der Waals surface area contributed by atoms with Gasteiger partial charge >= 0.3 is 6.03 Å². The van der Waals surface area contributed by atoms with Crippen molar-refractivity contribution in [2.45, 2.75) is 19.2 Å². The highest BCUT2D eigenvalue weighted by Gasteiger charge is 2.53. The molecule has 23 heavy (non-hydrogen) atoms. The summed E-state index contributed by atoms with van der Waals surface area (Å²) >= 11 is 0. The number of anilines is 1. The average molecular weight is 308 g/mol. The third kappa shape index (κ3) is 2.12. The van der Waals surface area contributed by atoms with Crippen molar-refractivity contribution < 1.29 is 14.3 Å². The van der Waals surface area contributed by atoms with Crippen molar-refractivity contribution in [1.82, 2.24) is 4.90 Å². The van der Waals surface area contributed by atoms with E-state index in [2.05, 4.69) is 0 Å². The Balaban J connectivity index is 1.69. The summed E-state index contributed by atoms with van der Waals surface area (Å²) in [7, 11) is 0. The fourth-order valence-corrected chi connectivity index (χ4v) is 3.09. The van der Waals surface area contributed by atoms with Crippen LogP contribution in [0.5, 0.6) is 0 Å². The number of carbonyl (C=O) groups is 2. The maximum atomic E-state index is 12.8. The molecule has 0 N–H and O–H groups in total. The van der Waals surface area contributed by atoms with E-state index in [0.29, 0.717) is 5.69 Å². The summed E-state index contributed by atoms with van der Waals surface area (Å²) in [6.45, 7) is 2.20. The van der Waals surface area contributed by atoms with Crippen LogP contribution in [0.25, 0.3) is 0 Å². The van der Waals surface area contributed by atoms with Crippen LogP contribution in [0.3, 0.4) is 0 Å². The van der Waals surface area contributed by atoms with Crippen LogP contribution >= 0.6 is 0 Å². The summed E-state index contributed by atoms with van der Waals surface area (Å²) in [6.07, 6.45) is -0.506. The second-order valence-electron chi connectivity index (χ2n) is 5.81. The van der Waals surface area contributed by atoms with E-state index in [1.54, 1.807) is 12.1 Å². The lowest BCUT2D eigenvalue weighted by molar-refractivity contribution is -0.119. The Bertz CT molecular complexity index is 758. The van der Waals surface area contributed by atoms with Crippen molar-refractivity contribution in [2.24, 2.45) is 0 Å². The predicted molar refractivity (Wildman–Crippen MR) is 84.8 cm³/mol. The average Bonchev–Trinajstić information content (AvgIpc) is 3.11. The lowest BCUT2D eigenvalue weighted by atomic mass is 10.2. The standard InChI is InChI=1S/C18H16N2O3/c1-12-7-9-14(10-8-12)19-16(21)15-11-23-17(20(15)18(19)22)13-5-3-2-4-6-13/h2-10,15,17H,11H2,1H3/t15-,17?/m1/s1. The zero-order valence-corrected chi connectivity index (χ0v) is 12.7. The molecule has 0 aromatic heterocycles. The zero-order valence-electron chi connectivity index (χ0n) is 12.7. The monoisotopic (exact) mass is 308 g/mol. The molecule has 2 aliphatic heterocycles. The first kappa shape index (κ1) is 14.0. The largest absolute Gasteiger partial charge is 0.351 e. The minimum absolute atomic E-state index is 0.225. The van der Waals surface area contributed by atoms with Gasteiger partial charge in [0.25, 0.3) is 5.91 Å². The number of hydrogen-bond acceptors (Lipinski definition) is 3. The van der Waals surface area contributed by atoms with Crippen molar-refractivity contribution in [3.8, 4) is 0 Å². The highest BCUT2D eigenvalue weighted by molar-refractivity contribution is 6.21. The summed E-state index contributed by atoms with van der Waals surface area (Å²) in [6, 6.07) is 16.0. The fourth-order valence-electron chi connectivity index (χ4n) is 3.09. The number of hydrogen-bond donors (Lipinski definition) is 0. The first-order valence-corrected chi connectivity index (χ1v) is 7.56. The predicted octanol–water partition coefficient (Wildman–Crippen LogP) is 2.86. The van der Waals surface area contributed by atoms with Gasteiger partial charge < -0.3 is 4.74 Å². The van der Waals surface area contributed by atoms with Gasteiger partial charge in [0.05, 0.1) is 12.3 Å². The molecule has 3 amide bonds. The molecule has 2 aliphatic rings. The van der Waals surface area contributed by atoms with E-state index in [-0.39, 0.29) is 18.5 Å². The highest BCUT2D eigenvalue weighted by atomic mass is 16.5. The Labute approximate surface area is 134 Å². The molecule has 0 radical (unpaired) electrons. The minimum Gasteiger partial charge on any atom is -0.351 e. The minimum atomic E-state index is -0.547. The van der Waals surface area contributed by atoms with E-state index in [9.17, 15) is 9.59 Å². The summed E-state index contributed by atoms with van der Waals surface area (Å²) in [5.74, 6) is -0.225. The van der Waals surface area contributed by atoms with E-state index >= 15 is 0 Å². The Morgan fingerprint density at radius 1 is 1.00 bits per heavy atom. The van der Waals surface area contributed by atoms with E-state index in [0.717, 1.165) is 11.1 Å². The molecule has 0 saturated carbocycles. The number of ether oxygens (including phenoxy) is 1. The molecule has 2 atom stereocenters. The van der Waals surface area contributed by atoms with Gasteiger partial charge in [-0.05, 0) is 19.1 Å². The number of carbonyl (C=O) groups excluding carboxylic acids is 2. The van der Waals surface area contributed by atoms with Crippen LogP contribution in [0.15, 0.2) is 54.6 Å². The molecule has 116 valence electrons. The molecule has 2 fully saturated rings.